The SMILES string of the molecule is CC(C)(C)c1cc2c3c(c1)N(c1c(-c4ccc(-c5ccccc5)cc4)ccc4oc5ccccc5c14)c1ccc(-c4cccc5oc6ccccc6c45)cc1B3c1cc(-c3cccc4oc5ccccc5c34)ccc1N2c1c(-c2ccc(-c3ccccc3)cc2)ccc2oc3ccccc3c12. The summed E-state index contributed by atoms with van der Waals surface area (Å²) in [5.74, 6) is 0. The van der Waals surface area contributed by atoms with Gasteiger partial charge >= 0.3 is 0 Å². The van der Waals surface area contributed by atoms with Gasteiger partial charge in [-0.3, -0.25) is 0 Å². The van der Waals surface area contributed by atoms with Gasteiger partial charge in [0, 0.05) is 66.2 Å². The highest BCUT2D eigenvalue weighted by atomic mass is 16.3. The number of para-hydroxylation sites is 4. The van der Waals surface area contributed by atoms with Crippen molar-refractivity contribution in [1.82, 2.24) is 0 Å². The molecule has 2 aliphatic rings. The summed E-state index contributed by atoms with van der Waals surface area (Å²) in [4.78, 5) is 5.26. The summed E-state index contributed by atoms with van der Waals surface area (Å²) in [5.41, 5.74) is 30.8. The second-order valence-corrected chi connectivity index (χ2v) is 28.1. The molecule has 0 bridgehead atoms. The zero-order chi connectivity index (χ0) is 66.8. The molecule has 15 aromatic carbocycles. The molecular weight excluding hydrogens is 1230 g/mol. The van der Waals surface area contributed by atoms with Crippen molar-refractivity contribution in [3.63, 3.8) is 0 Å². The molecular formula is C94H61BN2O4. The Kier molecular flexibility index (Phi) is 12.4. The topological polar surface area (TPSA) is 59.0 Å². The van der Waals surface area contributed by atoms with Crippen LogP contribution in [0.4, 0.5) is 34.1 Å². The molecule has 19 aromatic rings. The number of fused-ring (bicyclic) bond motifs is 16. The zero-order valence-corrected chi connectivity index (χ0v) is 55.6. The second kappa shape index (κ2) is 21.8. The number of hydrogen-bond acceptors (Lipinski definition) is 6. The molecule has 7 heteroatoms. The maximum atomic E-state index is 7.05. The van der Waals surface area contributed by atoms with Crippen molar-refractivity contribution in [3.05, 3.63) is 321 Å². The quantitative estimate of drug-likeness (QED) is 0.141. The minimum absolute atomic E-state index is 0.338. The monoisotopic (exact) mass is 1290 g/mol. The van der Waals surface area contributed by atoms with Gasteiger partial charge in [-0.25, -0.2) is 0 Å². The van der Waals surface area contributed by atoms with Gasteiger partial charge in [0.1, 0.15) is 44.7 Å². The van der Waals surface area contributed by atoms with Crippen LogP contribution >= 0.6 is 0 Å². The molecule has 21 rings (SSSR count). The van der Waals surface area contributed by atoms with Gasteiger partial charge in [0.15, 0.2) is 0 Å². The Morgan fingerprint density at radius 3 is 0.970 bits per heavy atom. The molecule has 0 fully saturated rings. The van der Waals surface area contributed by atoms with Crippen LogP contribution < -0.4 is 26.2 Å². The Balaban J connectivity index is 0.922. The minimum atomic E-state index is -0.348. The second-order valence-electron chi connectivity index (χ2n) is 28.1. The van der Waals surface area contributed by atoms with Crippen molar-refractivity contribution < 1.29 is 17.7 Å². The van der Waals surface area contributed by atoms with E-state index in [0.717, 1.165) is 188 Å². The van der Waals surface area contributed by atoms with Gasteiger partial charge in [0.2, 0.25) is 0 Å². The van der Waals surface area contributed by atoms with Crippen molar-refractivity contribution in [2.45, 2.75) is 26.2 Å². The third kappa shape index (κ3) is 8.73. The van der Waals surface area contributed by atoms with E-state index in [9.17, 15) is 0 Å². The highest BCUT2D eigenvalue weighted by Crippen LogP contribution is 2.56. The molecule has 0 saturated carbocycles. The average molecular weight is 1290 g/mol. The van der Waals surface area contributed by atoms with E-state index in [2.05, 4.69) is 346 Å². The summed E-state index contributed by atoms with van der Waals surface area (Å²) < 4.78 is 27.5. The molecule has 474 valence electrons. The lowest BCUT2D eigenvalue weighted by molar-refractivity contribution is 0.590. The van der Waals surface area contributed by atoms with Crippen molar-refractivity contribution in [1.29, 1.82) is 0 Å². The molecule has 0 saturated heterocycles. The summed E-state index contributed by atoms with van der Waals surface area (Å²) in [5, 5.41) is 8.49. The van der Waals surface area contributed by atoms with Gasteiger partial charge < -0.3 is 27.5 Å². The van der Waals surface area contributed by atoms with Crippen molar-refractivity contribution in [2.24, 2.45) is 0 Å². The molecule has 0 aliphatic carbocycles. The predicted molar refractivity (Wildman–Crippen MR) is 421 cm³/mol. The number of benzene rings is 15. The molecule has 6 heterocycles. The zero-order valence-electron chi connectivity index (χ0n) is 55.6. The summed E-state index contributed by atoms with van der Waals surface area (Å²) >= 11 is 0. The average Bonchev–Trinajstić information content (AvgIpc) is 0.759. The lowest BCUT2D eigenvalue weighted by Gasteiger charge is -2.46. The van der Waals surface area contributed by atoms with Gasteiger partial charge in [-0.15, -0.1) is 0 Å². The van der Waals surface area contributed by atoms with E-state index in [4.69, 9.17) is 17.7 Å². The van der Waals surface area contributed by atoms with Crippen LogP contribution in [0.1, 0.15) is 26.3 Å². The van der Waals surface area contributed by atoms with E-state index in [1.807, 2.05) is 0 Å². The van der Waals surface area contributed by atoms with Crippen LogP contribution in [-0.4, -0.2) is 6.71 Å². The summed E-state index contributed by atoms with van der Waals surface area (Å²) in [6, 6.07) is 115. The van der Waals surface area contributed by atoms with E-state index in [0.29, 0.717) is 0 Å². The third-order valence-corrected chi connectivity index (χ3v) is 21.4. The van der Waals surface area contributed by atoms with Crippen LogP contribution in [0.25, 0.3) is 155 Å². The number of rotatable bonds is 8. The largest absolute Gasteiger partial charge is 0.456 e. The van der Waals surface area contributed by atoms with E-state index in [1.165, 1.54) is 22.2 Å². The Hall–Kier alpha value is -12.8. The van der Waals surface area contributed by atoms with E-state index in [-0.39, 0.29) is 12.1 Å². The third-order valence-electron chi connectivity index (χ3n) is 21.4. The fourth-order valence-electron chi connectivity index (χ4n) is 16.8. The summed E-state index contributed by atoms with van der Waals surface area (Å²) in [6.07, 6.45) is 0. The smallest absolute Gasteiger partial charge is 0.252 e. The first-order chi connectivity index (χ1) is 49.7. The van der Waals surface area contributed by atoms with Gasteiger partial charge in [-0.2, -0.15) is 0 Å². The van der Waals surface area contributed by atoms with Crippen LogP contribution in [0.2, 0.25) is 0 Å². The summed E-state index contributed by atoms with van der Waals surface area (Å²) in [6.45, 7) is 6.73. The van der Waals surface area contributed by atoms with E-state index >= 15 is 0 Å². The lowest BCUT2D eigenvalue weighted by atomic mass is 9.33. The molecule has 0 atom stereocenters. The van der Waals surface area contributed by atoms with Gasteiger partial charge in [0.25, 0.3) is 6.71 Å². The van der Waals surface area contributed by atoms with E-state index < -0.39 is 0 Å². The maximum Gasteiger partial charge on any atom is 0.252 e. The first kappa shape index (κ1) is 57.3. The van der Waals surface area contributed by atoms with Crippen LogP contribution in [0, 0.1) is 0 Å². The van der Waals surface area contributed by atoms with Crippen molar-refractivity contribution in [3.8, 4) is 66.8 Å². The van der Waals surface area contributed by atoms with Crippen molar-refractivity contribution >= 4 is 145 Å². The predicted octanol–water partition coefficient (Wildman–Crippen LogP) is 24.7. The number of furan rings is 4. The molecule has 6 nitrogen and oxygen atoms in total. The minimum Gasteiger partial charge on any atom is -0.456 e. The molecule has 0 unspecified atom stereocenters. The molecule has 0 radical (unpaired) electrons. The highest BCUT2D eigenvalue weighted by molar-refractivity contribution is 7.00. The van der Waals surface area contributed by atoms with Gasteiger partial charge in [0.05, 0.1) is 22.1 Å². The highest BCUT2D eigenvalue weighted by Gasteiger charge is 2.46. The molecule has 0 N–H and O–H groups in total. The first-order valence-electron chi connectivity index (χ1n) is 34.8. The van der Waals surface area contributed by atoms with Crippen LogP contribution in [-0.2, 0) is 5.41 Å². The first-order valence-corrected chi connectivity index (χ1v) is 34.8. The molecule has 2 aliphatic heterocycles. The molecule has 0 amide bonds. The van der Waals surface area contributed by atoms with Crippen molar-refractivity contribution in [2.75, 3.05) is 9.80 Å². The Bertz CT molecular complexity index is 6240. The summed E-state index contributed by atoms with van der Waals surface area (Å²) in [7, 11) is 0. The maximum absolute atomic E-state index is 7.05. The number of anilines is 6. The normalized spacial score (nSPS) is 12.8. The number of nitrogens with zero attached hydrogens (tertiary/aromatic N) is 2. The van der Waals surface area contributed by atoms with Gasteiger partial charge in [-0.1, -0.05) is 251 Å². The number of hydrogen-bond donors (Lipinski definition) is 0. The lowest BCUT2D eigenvalue weighted by Crippen LogP contribution is -2.61. The Labute approximate surface area is 582 Å². The molecule has 4 aromatic heterocycles. The standard InChI is InChI=1S/C94H61BN2O4/c1-94(2,3)64-54-77-91-78(55-64)97(93-68(47-51-86-90(93)72-27-13-17-33-82(72)101-86)61-42-38-59(39-43-61)57-22-8-5-9-23-57)76-49-45-63(66-29-19-35-84-88(66)70-25-11-15-31-80(70)99-84)53-74(76)95(91)73-52-62(65-28-18-34-83-87(65)69-24-10-14-30-79(69)98-83)44-48-75(73)96(77)92-67(46-50-85-89(92)71-26-12-16-32-81(71)100-85)60-40-36-58(37-41-60)56-20-6-4-7-21-56/h4-55H,1-3H3. The van der Waals surface area contributed by atoms with Gasteiger partial charge in [-0.05, 0) is 168 Å². The van der Waals surface area contributed by atoms with Crippen LogP contribution in [0.3, 0.4) is 0 Å². The molecule has 0 spiro atoms. The Morgan fingerprint density at radius 2 is 0.574 bits per heavy atom. The molecule has 101 heavy (non-hydrogen) atoms. The van der Waals surface area contributed by atoms with Crippen LogP contribution in [0.15, 0.2) is 333 Å². The van der Waals surface area contributed by atoms with E-state index in [1.54, 1.807) is 0 Å². The van der Waals surface area contributed by atoms with Crippen LogP contribution in [0.5, 0.6) is 0 Å². The fourth-order valence-corrected chi connectivity index (χ4v) is 16.8. The fraction of sp³-hybridized carbons (Fsp3) is 0.0426. The Morgan fingerprint density at radius 1 is 0.248 bits per heavy atom.